The number of hydrogen-bond donors (Lipinski definition) is 1. The topological polar surface area (TPSA) is 54.5 Å². The van der Waals surface area contributed by atoms with E-state index in [-0.39, 0.29) is 5.91 Å². The fraction of sp³-hybridized carbons (Fsp3) is 0.625. The summed E-state index contributed by atoms with van der Waals surface area (Å²) in [6.45, 7) is 9.04. The molecule has 0 aliphatic heterocycles. The highest BCUT2D eigenvalue weighted by molar-refractivity contribution is 5.92. The van der Waals surface area contributed by atoms with Crippen LogP contribution in [0.5, 0.6) is 0 Å². The number of amides is 1. The Bertz CT molecular complexity index is 418. The molecule has 0 aliphatic carbocycles. The Hall–Kier alpha value is -1.62. The van der Waals surface area contributed by atoms with Crippen molar-refractivity contribution in [3.05, 3.63) is 24.0 Å². The number of pyridine rings is 1. The summed E-state index contributed by atoms with van der Waals surface area (Å²) in [6.07, 6.45) is 2.77. The largest absolute Gasteiger partial charge is 0.384 e. The monoisotopic (exact) mass is 293 g/mol. The van der Waals surface area contributed by atoms with Gasteiger partial charge in [-0.15, -0.1) is 0 Å². The van der Waals surface area contributed by atoms with Crippen LogP contribution in [0, 0.1) is 5.92 Å². The quantitative estimate of drug-likeness (QED) is 0.760. The lowest BCUT2D eigenvalue weighted by molar-refractivity contribution is 0.0666. The Kier molecular flexibility index (Phi) is 7.75. The molecule has 1 N–H and O–H groups in total. The van der Waals surface area contributed by atoms with E-state index < -0.39 is 0 Å². The van der Waals surface area contributed by atoms with Crippen molar-refractivity contribution in [1.82, 2.24) is 9.88 Å². The summed E-state index contributed by atoms with van der Waals surface area (Å²) < 4.78 is 5.08. The van der Waals surface area contributed by atoms with Gasteiger partial charge >= 0.3 is 0 Å². The zero-order valence-electron chi connectivity index (χ0n) is 13.6. The van der Waals surface area contributed by atoms with Crippen LogP contribution in [0.2, 0.25) is 0 Å². The molecule has 0 fully saturated rings. The molecule has 1 aromatic heterocycles. The van der Waals surface area contributed by atoms with Crippen molar-refractivity contribution < 1.29 is 9.53 Å². The number of nitrogens with one attached hydrogen (secondary N) is 1. The van der Waals surface area contributed by atoms with Gasteiger partial charge in [0.1, 0.15) is 5.69 Å². The molecular formula is C16H27N3O2. The molecule has 1 heterocycles. The normalized spacial score (nSPS) is 10.7. The average molecular weight is 293 g/mol. The number of anilines is 1. The first-order valence-electron chi connectivity index (χ1n) is 7.56. The molecule has 5 heteroatoms. The van der Waals surface area contributed by atoms with Crippen LogP contribution in [0.3, 0.4) is 0 Å². The Morgan fingerprint density at radius 1 is 1.43 bits per heavy atom. The lowest BCUT2D eigenvalue weighted by Crippen LogP contribution is -2.37. The molecule has 0 bridgehead atoms. The second kappa shape index (κ2) is 9.34. The Morgan fingerprint density at radius 2 is 2.19 bits per heavy atom. The maximum absolute atomic E-state index is 12.5. The molecule has 0 spiro atoms. The number of methoxy groups -OCH3 is 1. The van der Waals surface area contributed by atoms with E-state index in [1.165, 1.54) is 0 Å². The molecule has 1 amide bonds. The molecule has 0 saturated heterocycles. The first-order valence-corrected chi connectivity index (χ1v) is 7.56. The summed E-state index contributed by atoms with van der Waals surface area (Å²) in [4.78, 5) is 18.6. The summed E-state index contributed by atoms with van der Waals surface area (Å²) in [5, 5.41) is 3.25. The van der Waals surface area contributed by atoms with Crippen molar-refractivity contribution in [2.45, 2.75) is 27.2 Å². The summed E-state index contributed by atoms with van der Waals surface area (Å²) >= 11 is 0. The SMILES string of the molecule is CCCNc1ccc(C(=O)N(CCOC)CC(C)C)nc1. The van der Waals surface area contributed by atoms with E-state index in [2.05, 4.69) is 31.1 Å². The lowest BCUT2D eigenvalue weighted by Gasteiger charge is -2.24. The van der Waals surface area contributed by atoms with Crippen LogP contribution in [-0.2, 0) is 4.74 Å². The van der Waals surface area contributed by atoms with Gasteiger partial charge in [-0.05, 0) is 24.5 Å². The first-order chi connectivity index (χ1) is 10.1. The number of hydrogen-bond acceptors (Lipinski definition) is 4. The Labute approximate surface area is 127 Å². The maximum atomic E-state index is 12.5. The molecule has 0 atom stereocenters. The van der Waals surface area contributed by atoms with Crippen molar-refractivity contribution in [2.75, 3.05) is 38.7 Å². The third kappa shape index (κ3) is 6.12. The van der Waals surface area contributed by atoms with Gasteiger partial charge in [0.05, 0.1) is 18.5 Å². The van der Waals surface area contributed by atoms with Crippen molar-refractivity contribution in [1.29, 1.82) is 0 Å². The second-order valence-corrected chi connectivity index (χ2v) is 5.50. The van der Waals surface area contributed by atoms with E-state index in [1.807, 2.05) is 6.07 Å². The highest BCUT2D eigenvalue weighted by Gasteiger charge is 2.17. The minimum absolute atomic E-state index is 0.0391. The van der Waals surface area contributed by atoms with Crippen LogP contribution in [0.25, 0.3) is 0 Å². The van der Waals surface area contributed by atoms with Crippen molar-refractivity contribution >= 4 is 11.6 Å². The predicted octanol–water partition coefficient (Wildman–Crippen LogP) is 2.65. The maximum Gasteiger partial charge on any atom is 0.272 e. The van der Waals surface area contributed by atoms with E-state index in [1.54, 1.807) is 24.3 Å². The van der Waals surface area contributed by atoms with Crippen molar-refractivity contribution in [3.63, 3.8) is 0 Å². The van der Waals surface area contributed by atoms with Gasteiger partial charge in [0.15, 0.2) is 0 Å². The number of ether oxygens (including phenoxy) is 1. The molecule has 118 valence electrons. The average Bonchev–Trinajstić information content (AvgIpc) is 2.49. The minimum atomic E-state index is -0.0391. The number of aromatic nitrogens is 1. The van der Waals surface area contributed by atoms with Gasteiger partial charge in [-0.2, -0.15) is 0 Å². The van der Waals surface area contributed by atoms with Crippen molar-refractivity contribution in [2.24, 2.45) is 5.92 Å². The number of carbonyl (C=O) groups excluding carboxylic acids is 1. The van der Waals surface area contributed by atoms with Gasteiger partial charge in [0.25, 0.3) is 5.91 Å². The van der Waals surface area contributed by atoms with Crippen LogP contribution in [-0.4, -0.2) is 49.1 Å². The van der Waals surface area contributed by atoms with Gasteiger partial charge in [0, 0.05) is 26.7 Å². The zero-order valence-corrected chi connectivity index (χ0v) is 13.6. The highest BCUT2D eigenvalue weighted by Crippen LogP contribution is 2.10. The van der Waals surface area contributed by atoms with E-state index in [0.717, 1.165) is 18.7 Å². The molecule has 5 nitrogen and oxygen atoms in total. The fourth-order valence-electron chi connectivity index (χ4n) is 1.97. The van der Waals surface area contributed by atoms with Gasteiger partial charge in [-0.25, -0.2) is 4.98 Å². The predicted molar refractivity (Wildman–Crippen MR) is 85.6 cm³/mol. The fourth-order valence-corrected chi connectivity index (χ4v) is 1.97. The Balaban J connectivity index is 2.72. The van der Waals surface area contributed by atoms with Gasteiger partial charge in [0.2, 0.25) is 0 Å². The molecule has 1 aromatic rings. The van der Waals surface area contributed by atoms with Gasteiger partial charge < -0.3 is 15.0 Å². The molecule has 0 radical (unpaired) electrons. The summed E-state index contributed by atoms with van der Waals surface area (Å²) in [5.74, 6) is 0.374. The minimum Gasteiger partial charge on any atom is -0.384 e. The number of carbonyl (C=O) groups is 1. The first kappa shape index (κ1) is 17.4. The lowest BCUT2D eigenvalue weighted by atomic mass is 10.2. The van der Waals surface area contributed by atoms with Crippen LogP contribution in [0.4, 0.5) is 5.69 Å². The molecular weight excluding hydrogens is 266 g/mol. The van der Waals surface area contributed by atoms with E-state index >= 15 is 0 Å². The third-order valence-corrected chi connectivity index (χ3v) is 3.00. The summed E-state index contributed by atoms with van der Waals surface area (Å²) in [5.41, 5.74) is 1.43. The van der Waals surface area contributed by atoms with E-state index in [0.29, 0.717) is 31.3 Å². The molecule has 0 aromatic carbocycles. The standard InChI is InChI=1S/C16H27N3O2/c1-5-8-17-14-6-7-15(18-11-14)16(20)19(9-10-21-4)12-13(2)3/h6-7,11,13,17H,5,8-10,12H2,1-4H3. The molecule has 0 saturated carbocycles. The van der Waals surface area contributed by atoms with Gasteiger partial charge in [-0.3, -0.25) is 4.79 Å². The highest BCUT2D eigenvalue weighted by atomic mass is 16.5. The van der Waals surface area contributed by atoms with E-state index in [9.17, 15) is 4.79 Å². The third-order valence-electron chi connectivity index (χ3n) is 3.00. The molecule has 0 unspecified atom stereocenters. The van der Waals surface area contributed by atoms with Crippen LogP contribution in [0.15, 0.2) is 18.3 Å². The van der Waals surface area contributed by atoms with Crippen LogP contribution in [0.1, 0.15) is 37.7 Å². The molecule has 1 rings (SSSR count). The summed E-state index contributed by atoms with van der Waals surface area (Å²) in [7, 11) is 1.64. The van der Waals surface area contributed by atoms with Crippen LogP contribution >= 0.6 is 0 Å². The smallest absolute Gasteiger partial charge is 0.272 e. The number of nitrogens with zero attached hydrogens (tertiary/aromatic N) is 2. The molecule has 21 heavy (non-hydrogen) atoms. The molecule has 0 aliphatic rings. The zero-order chi connectivity index (χ0) is 15.7. The summed E-state index contributed by atoms with van der Waals surface area (Å²) in [6, 6.07) is 3.68. The van der Waals surface area contributed by atoms with Crippen molar-refractivity contribution in [3.8, 4) is 0 Å². The van der Waals surface area contributed by atoms with Crippen LogP contribution < -0.4 is 5.32 Å². The van der Waals surface area contributed by atoms with Gasteiger partial charge in [-0.1, -0.05) is 20.8 Å². The second-order valence-electron chi connectivity index (χ2n) is 5.50. The Morgan fingerprint density at radius 3 is 2.71 bits per heavy atom. The van der Waals surface area contributed by atoms with E-state index in [4.69, 9.17) is 4.74 Å². The number of rotatable bonds is 9.